The molecule has 0 aliphatic heterocycles. The van der Waals surface area contributed by atoms with Gasteiger partial charge in [-0.25, -0.2) is 4.79 Å². The van der Waals surface area contributed by atoms with Crippen LogP contribution in [0, 0.1) is 17.0 Å². The summed E-state index contributed by atoms with van der Waals surface area (Å²) in [4.78, 5) is 31.9. The molecule has 0 aliphatic carbocycles. The lowest BCUT2D eigenvalue weighted by molar-refractivity contribution is -0.385. The van der Waals surface area contributed by atoms with Gasteiger partial charge in [-0.05, 0) is 13.0 Å². The molecule has 1 amide bonds. The molecule has 0 fully saturated rings. The van der Waals surface area contributed by atoms with Crippen LogP contribution >= 0.6 is 0 Å². The Hall–Kier alpha value is -2.44. The van der Waals surface area contributed by atoms with E-state index in [9.17, 15) is 19.7 Å². The Kier molecular flexibility index (Phi) is 3.76. The Morgan fingerprint density at radius 3 is 2.65 bits per heavy atom. The summed E-state index contributed by atoms with van der Waals surface area (Å²) in [7, 11) is 1.17. The highest BCUT2D eigenvalue weighted by atomic mass is 16.6. The van der Waals surface area contributed by atoms with E-state index in [4.69, 9.17) is 0 Å². The molecule has 0 unspecified atom stereocenters. The predicted molar refractivity (Wildman–Crippen MR) is 58.9 cm³/mol. The Balaban J connectivity index is 3.42. The first kappa shape index (κ1) is 12.6. The van der Waals surface area contributed by atoms with Gasteiger partial charge in [0.1, 0.15) is 0 Å². The van der Waals surface area contributed by atoms with Gasteiger partial charge in [-0.1, -0.05) is 0 Å². The van der Waals surface area contributed by atoms with Crippen LogP contribution in [0.2, 0.25) is 0 Å². The topological polar surface area (TPSA) is 98.5 Å². The average Bonchev–Trinajstić information content (AvgIpc) is 2.30. The number of nitro benzene ring substituents is 1. The average molecular weight is 238 g/mol. The number of carbonyl (C=O) groups is 2. The van der Waals surface area contributed by atoms with Crippen LogP contribution in [0.4, 0.5) is 11.4 Å². The van der Waals surface area contributed by atoms with E-state index in [1.54, 1.807) is 0 Å². The fraction of sp³-hybridized carbons (Fsp3) is 0.200. The van der Waals surface area contributed by atoms with Gasteiger partial charge in [0.25, 0.3) is 5.69 Å². The van der Waals surface area contributed by atoms with E-state index in [0.717, 1.165) is 0 Å². The maximum atomic E-state index is 11.4. The summed E-state index contributed by atoms with van der Waals surface area (Å²) in [6.45, 7) is 1.44. The Bertz CT molecular complexity index is 484. The van der Waals surface area contributed by atoms with E-state index >= 15 is 0 Å². The molecule has 0 radical (unpaired) electrons. The summed E-state index contributed by atoms with van der Waals surface area (Å²) < 4.78 is 4.51. The number of rotatable bonds is 4. The molecule has 0 aliphatic rings. The zero-order valence-corrected chi connectivity index (χ0v) is 9.22. The van der Waals surface area contributed by atoms with E-state index in [2.05, 4.69) is 10.1 Å². The zero-order chi connectivity index (χ0) is 13.0. The second kappa shape index (κ2) is 5.06. The zero-order valence-electron chi connectivity index (χ0n) is 9.22. The Morgan fingerprint density at radius 2 is 2.18 bits per heavy atom. The highest BCUT2D eigenvalue weighted by molar-refractivity contribution is 5.94. The quantitative estimate of drug-likeness (QED) is 0.368. The minimum atomic E-state index is -0.694. The normalized spacial score (nSPS) is 9.53. The van der Waals surface area contributed by atoms with Crippen molar-refractivity contribution >= 4 is 23.8 Å². The SMILES string of the molecule is COC(=O)c1cc(NC=O)cc([N+](=O)[O-])c1C. The first-order valence-electron chi connectivity index (χ1n) is 4.58. The van der Waals surface area contributed by atoms with E-state index in [1.165, 1.54) is 26.2 Å². The second-order valence-electron chi connectivity index (χ2n) is 3.18. The number of anilines is 1. The first-order chi connectivity index (χ1) is 8.01. The number of esters is 1. The summed E-state index contributed by atoms with van der Waals surface area (Å²) in [5.41, 5.74) is 0.152. The standard InChI is InChI=1S/C10H10N2O5/c1-6-8(10(14)17-2)3-7(11-5-13)4-9(6)12(15)16/h3-5H,1-2H3,(H,11,13). The van der Waals surface area contributed by atoms with E-state index in [-0.39, 0.29) is 22.5 Å². The molecular formula is C10H10N2O5. The maximum absolute atomic E-state index is 11.4. The van der Waals surface area contributed by atoms with Gasteiger partial charge in [0.05, 0.1) is 17.6 Å². The molecule has 17 heavy (non-hydrogen) atoms. The van der Waals surface area contributed by atoms with Crippen LogP contribution in [0.5, 0.6) is 0 Å². The number of ether oxygens (including phenoxy) is 1. The van der Waals surface area contributed by atoms with Crippen molar-refractivity contribution in [3.63, 3.8) is 0 Å². The van der Waals surface area contributed by atoms with Gasteiger partial charge in [0.2, 0.25) is 6.41 Å². The van der Waals surface area contributed by atoms with Gasteiger partial charge in [0, 0.05) is 17.3 Å². The van der Waals surface area contributed by atoms with Crippen molar-refractivity contribution in [2.75, 3.05) is 12.4 Å². The molecule has 0 atom stereocenters. The van der Waals surface area contributed by atoms with Gasteiger partial charge in [-0.3, -0.25) is 14.9 Å². The van der Waals surface area contributed by atoms with E-state index < -0.39 is 10.9 Å². The minimum absolute atomic E-state index is 0.0473. The molecule has 0 aromatic heterocycles. The molecule has 7 nitrogen and oxygen atoms in total. The number of nitrogens with one attached hydrogen (secondary N) is 1. The Morgan fingerprint density at radius 1 is 1.53 bits per heavy atom. The highest BCUT2D eigenvalue weighted by Crippen LogP contribution is 2.26. The van der Waals surface area contributed by atoms with E-state index in [1.807, 2.05) is 0 Å². The number of methoxy groups -OCH3 is 1. The van der Waals surface area contributed by atoms with Gasteiger partial charge in [-0.2, -0.15) is 0 Å². The number of amides is 1. The molecule has 1 N–H and O–H groups in total. The lowest BCUT2D eigenvalue weighted by Gasteiger charge is -2.07. The van der Waals surface area contributed by atoms with Crippen molar-refractivity contribution in [2.45, 2.75) is 6.92 Å². The molecule has 1 aromatic carbocycles. The van der Waals surface area contributed by atoms with Crippen molar-refractivity contribution in [1.29, 1.82) is 0 Å². The summed E-state index contributed by atoms with van der Waals surface area (Å²) in [5, 5.41) is 13.0. The third-order valence-electron chi connectivity index (χ3n) is 2.21. The van der Waals surface area contributed by atoms with Crippen LogP contribution in [0.3, 0.4) is 0 Å². The second-order valence-corrected chi connectivity index (χ2v) is 3.18. The molecule has 7 heteroatoms. The molecule has 0 bridgehead atoms. The summed E-state index contributed by atoms with van der Waals surface area (Å²) >= 11 is 0. The number of hydrogen-bond acceptors (Lipinski definition) is 5. The molecule has 0 heterocycles. The molecule has 1 rings (SSSR count). The minimum Gasteiger partial charge on any atom is -0.465 e. The summed E-state index contributed by atoms with van der Waals surface area (Å²) in [6.07, 6.45) is 0.370. The number of hydrogen-bond donors (Lipinski definition) is 1. The van der Waals surface area contributed by atoms with Crippen LogP contribution < -0.4 is 5.32 Å². The fourth-order valence-electron chi connectivity index (χ4n) is 1.36. The molecule has 1 aromatic rings. The predicted octanol–water partition coefficient (Wildman–Crippen LogP) is 1.26. The summed E-state index contributed by atoms with van der Waals surface area (Å²) in [6, 6.07) is 2.50. The molecular weight excluding hydrogens is 228 g/mol. The molecule has 0 spiro atoms. The third kappa shape index (κ3) is 2.57. The fourth-order valence-corrected chi connectivity index (χ4v) is 1.36. The highest BCUT2D eigenvalue weighted by Gasteiger charge is 2.20. The van der Waals surface area contributed by atoms with Crippen LogP contribution in [0.25, 0.3) is 0 Å². The lowest BCUT2D eigenvalue weighted by atomic mass is 10.1. The Labute approximate surface area is 96.5 Å². The third-order valence-corrected chi connectivity index (χ3v) is 2.21. The van der Waals surface area contributed by atoms with Crippen LogP contribution in [-0.4, -0.2) is 24.4 Å². The monoisotopic (exact) mass is 238 g/mol. The molecule has 90 valence electrons. The smallest absolute Gasteiger partial charge is 0.338 e. The largest absolute Gasteiger partial charge is 0.465 e. The summed E-state index contributed by atoms with van der Waals surface area (Å²) in [5.74, 6) is -0.694. The lowest BCUT2D eigenvalue weighted by Crippen LogP contribution is -2.08. The number of benzene rings is 1. The maximum Gasteiger partial charge on any atom is 0.338 e. The molecule has 0 saturated heterocycles. The van der Waals surface area contributed by atoms with Gasteiger partial charge < -0.3 is 10.1 Å². The molecule has 0 saturated carbocycles. The van der Waals surface area contributed by atoms with Crippen molar-refractivity contribution < 1.29 is 19.2 Å². The van der Waals surface area contributed by atoms with Crippen LogP contribution in [0.1, 0.15) is 15.9 Å². The van der Waals surface area contributed by atoms with E-state index in [0.29, 0.717) is 6.41 Å². The number of carbonyl (C=O) groups excluding carboxylic acids is 2. The van der Waals surface area contributed by atoms with Crippen molar-refractivity contribution in [2.24, 2.45) is 0 Å². The van der Waals surface area contributed by atoms with Gasteiger partial charge >= 0.3 is 5.97 Å². The van der Waals surface area contributed by atoms with Crippen LogP contribution in [0.15, 0.2) is 12.1 Å². The van der Waals surface area contributed by atoms with Gasteiger partial charge in [0.15, 0.2) is 0 Å². The van der Waals surface area contributed by atoms with Crippen molar-refractivity contribution in [3.05, 3.63) is 33.4 Å². The van der Waals surface area contributed by atoms with Crippen LogP contribution in [-0.2, 0) is 9.53 Å². The number of nitro groups is 1. The first-order valence-corrected chi connectivity index (χ1v) is 4.58. The van der Waals surface area contributed by atoms with Gasteiger partial charge in [-0.15, -0.1) is 0 Å². The van der Waals surface area contributed by atoms with Crippen molar-refractivity contribution in [3.8, 4) is 0 Å². The van der Waals surface area contributed by atoms with Crippen molar-refractivity contribution in [1.82, 2.24) is 0 Å². The number of nitrogens with zero attached hydrogens (tertiary/aromatic N) is 1.